The van der Waals surface area contributed by atoms with E-state index in [0.29, 0.717) is 22.1 Å². The van der Waals surface area contributed by atoms with Crippen molar-refractivity contribution in [1.82, 2.24) is 16.2 Å². The van der Waals surface area contributed by atoms with Crippen LogP contribution in [0.3, 0.4) is 0 Å². The number of aliphatic imine (C=N–C) groups is 1. The lowest BCUT2D eigenvalue weighted by Gasteiger charge is -2.12. The Hall–Kier alpha value is -2.91. The smallest absolute Gasteiger partial charge is 0.281 e. The van der Waals surface area contributed by atoms with Crippen LogP contribution in [-0.4, -0.2) is 28.4 Å². The fraction of sp³-hybridized carbons (Fsp3) is 0.176. The number of hydrogen-bond acceptors (Lipinski definition) is 7. The van der Waals surface area contributed by atoms with Crippen molar-refractivity contribution in [3.8, 4) is 0 Å². The number of carbonyl (C=O) groups is 2. The molecule has 26 heavy (non-hydrogen) atoms. The summed E-state index contributed by atoms with van der Waals surface area (Å²) >= 11 is 1.51. The predicted molar refractivity (Wildman–Crippen MR) is 104 cm³/mol. The van der Waals surface area contributed by atoms with Crippen molar-refractivity contribution in [2.75, 3.05) is 5.75 Å². The molecule has 0 radical (unpaired) electrons. The van der Waals surface area contributed by atoms with Gasteiger partial charge in [-0.1, -0.05) is 36.9 Å². The van der Waals surface area contributed by atoms with Gasteiger partial charge in [0.05, 0.1) is 11.4 Å². The minimum atomic E-state index is -0.623. The highest BCUT2D eigenvalue weighted by Gasteiger charge is 2.14. The first kappa shape index (κ1) is 19.4. The van der Waals surface area contributed by atoms with E-state index in [4.69, 9.17) is 5.84 Å². The lowest BCUT2D eigenvalue weighted by atomic mass is 10.2. The van der Waals surface area contributed by atoms with Gasteiger partial charge in [-0.15, -0.1) is 0 Å². The average molecular weight is 372 g/mol. The first-order valence-corrected chi connectivity index (χ1v) is 8.85. The third kappa shape index (κ3) is 5.30. The van der Waals surface area contributed by atoms with E-state index in [-0.39, 0.29) is 5.70 Å². The van der Waals surface area contributed by atoms with Gasteiger partial charge in [-0.05, 0) is 37.0 Å². The number of carbonyl (C=O) groups excluding carboxylic acids is 2. The van der Waals surface area contributed by atoms with Crippen molar-refractivity contribution in [2.45, 2.75) is 13.8 Å². The van der Waals surface area contributed by atoms with E-state index >= 15 is 0 Å². The summed E-state index contributed by atoms with van der Waals surface area (Å²) in [7, 11) is 0. The molecule has 2 rings (SSSR count). The molecule has 136 valence electrons. The van der Waals surface area contributed by atoms with Gasteiger partial charge in [-0.2, -0.15) is 5.10 Å². The summed E-state index contributed by atoms with van der Waals surface area (Å²) in [6, 6.07) is 8.56. The molecular formula is C17H20N6O2S. The van der Waals surface area contributed by atoms with Crippen LogP contribution in [-0.2, 0) is 4.79 Å². The molecule has 0 saturated carbocycles. The fourth-order valence-electron chi connectivity index (χ4n) is 1.96. The van der Waals surface area contributed by atoms with Crippen LogP contribution in [0, 0.1) is 0 Å². The van der Waals surface area contributed by atoms with Gasteiger partial charge in [0.25, 0.3) is 11.8 Å². The lowest BCUT2D eigenvalue weighted by Crippen LogP contribution is -2.38. The summed E-state index contributed by atoms with van der Waals surface area (Å²) in [5, 5.41) is 7.38. The molecule has 8 nitrogen and oxygen atoms in total. The molecule has 0 atom stereocenters. The molecule has 0 saturated heterocycles. The van der Waals surface area contributed by atoms with Crippen LogP contribution in [0.4, 0.5) is 0 Å². The van der Waals surface area contributed by atoms with Gasteiger partial charge in [0.15, 0.2) is 5.17 Å². The summed E-state index contributed by atoms with van der Waals surface area (Å²) in [5.41, 5.74) is 6.52. The van der Waals surface area contributed by atoms with E-state index in [1.165, 1.54) is 17.8 Å². The number of allylic oxidation sites excluding steroid dienone is 3. The van der Waals surface area contributed by atoms with Crippen LogP contribution >= 0.6 is 11.8 Å². The number of hydrazine groups is 1. The quantitative estimate of drug-likeness (QED) is 0.268. The van der Waals surface area contributed by atoms with Crippen molar-refractivity contribution in [2.24, 2.45) is 15.9 Å². The number of amides is 2. The van der Waals surface area contributed by atoms with Gasteiger partial charge in [0.1, 0.15) is 5.70 Å². The molecular weight excluding hydrogens is 352 g/mol. The summed E-state index contributed by atoms with van der Waals surface area (Å²) in [6.45, 7) is 3.79. The molecule has 0 spiro atoms. The zero-order valence-corrected chi connectivity index (χ0v) is 15.3. The minimum Gasteiger partial charge on any atom is -0.317 e. The van der Waals surface area contributed by atoms with Gasteiger partial charge < -0.3 is 5.32 Å². The highest BCUT2D eigenvalue weighted by atomic mass is 32.2. The lowest BCUT2D eigenvalue weighted by molar-refractivity contribution is -0.117. The molecule has 0 aromatic heterocycles. The van der Waals surface area contributed by atoms with Crippen molar-refractivity contribution >= 4 is 34.5 Å². The molecule has 5 N–H and O–H groups in total. The van der Waals surface area contributed by atoms with E-state index in [1.54, 1.807) is 43.3 Å². The normalized spacial score (nSPS) is 15.7. The Balaban J connectivity index is 2.25. The first-order valence-electron chi connectivity index (χ1n) is 7.86. The number of nitrogens with one attached hydrogen (secondary N) is 3. The Labute approximate surface area is 155 Å². The van der Waals surface area contributed by atoms with Crippen molar-refractivity contribution in [3.05, 3.63) is 59.4 Å². The van der Waals surface area contributed by atoms with Gasteiger partial charge >= 0.3 is 0 Å². The molecule has 1 aromatic carbocycles. The molecule has 1 aliphatic heterocycles. The summed E-state index contributed by atoms with van der Waals surface area (Å²) < 4.78 is 0. The predicted octanol–water partition coefficient (Wildman–Crippen LogP) is 1.26. The monoisotopic (exact) mass is 372 g/mol. The minimum absolute atomic E-state index is 0.0000744. The molecule has 0 aliphatic carbocycles. The fourth-order valence-corrected chi connectivity index (χ4v) is 2.51. The Kier molecular flexibility index (Phi) is 7.12. The van der Waals surface area contributed by atoms with Crippen LogP contribution in [0.25, 0.3) is 0 Å². The van der Waals surface area contributed by atoms with Crippen molar-refractivity contribution in [1.29, 1.82) is 0 Å². The number of nitrogens with two attached hydrogens (primary N) is 1. The summed E-state index contributed by atoms with van der Waals surface area (Å²) in [6.07, 6.45) is 3.05. The molecule has 1 aromatic rings. The number of thioether (sulfide) groups is 1. The van der Waals surface area contributed by atoms with E-state index in [2.05, 4.69) is 20.8 Å². The number of hydrazone groups is 1. The standard InChI is InChI=1S/C17H20N6O2S/c1-3-26-17-20-13(11(2)22-23-17)9-10-14(16(25)21-18)19-15(24)12-7-5-4-6-8-12/h4-10H,3,18H2,1-2H3,(H,19,24)(H,20,23)(H,21,25)/b13-9-,14-10-. The average Bonchev–Trinajstić information content (AvgIpc) is 2.67. The van der Waals surface area contributed by atoms with E-state index in [9.17, 15) is 9.59 Å². The van der Waals surface area contributed by atoms with Gasteiger partial charge in [0.2, 0.25) is 0 Å². The van der Waals surface area contributed by atoms with Crippen LogP contribution in [0.1, 0.15) is 24.2 Å². The topological polar surface area (TPSA) is 121 Å². The van der Waals surface area contributed by atoms with Crippen LogP contribution in [0.15, 0.2) is 64.0 Å². The van der Waals surface area contributed by atoms with Gasteiger partial charge in [-0.25, -0.2) is 10.8 Å². The maximum absolute atomic E-state index is 12.3. The molecule has 2 amide bonds. The first-order chi connectivity index (χ1) is 12.5. The SMILES string of the molecule is CCSC1=N/C(=C\C=C(/NC(=O)c2ccccc2)C(=O)NN)C(C)=NN1. The highest BCUT2D eigenvalue weighted by Crippen LogP contribution is 2.12. The van der Waals surface area contributed by atoms with Gasteiger partial charge in [-0.3, -0.25) is 20.4 Å². The number of hydrogen-bond donors (Lipinski definition) is 4. The van der Waals surface area contributed by atoms with Crippen LogP contribution in [0.2, 0.25) is 0 Å². The number of nitrogens with zero attached hydrogens (tertiary/aromatic N) is 2. The number of benzene rings is 1. The molecule has 9 heteroatoms. The van der Waals surface area contributed by atoms with Crippen LogP contribution < -0.4 is 22.0 Å². The highest BCUT2D eigenvalue weighted by molar-refractivity contribution is 8.13. The van der Waals surface area contributed by atoms with Crippen molar-refractivity contribution < 1.29 is 9.59 Å². The Morgan fingerprint density at radius 1 is 1.31 bits per heavy atom. The molecule has 0 fully saturated rings. The molecule has 0 bridgehead atoms. The Morgan fingerprint density at radius 3 is 2.69 bits per heavy atom. The number of amidine groups is 1. The van der Waals surface area contributed by atoms with E-state index in [1.807, 2.05) is 12.3 Å². The molecule has 0 unspecified atom stereocenters. The summed E-state index contributed by atoms with van der Waals surface area (Å²) in [5.74, 6) is 5.01. The third-order valence-corrected chi connectivity index (χ3v) is 4.01. The maximum Gasteiger partial charge on any atom is 0.281 e. The zero-order valence-electron chi connectivity index (χ0n) is 14.4. The van der Waals surface area contributed by atoms with Crippen molar-refractivity contribution in [3.63, 3.8) is 0 Å². The Bertz CT molecular complexity index is 799. The molecule has 1 heterocycles. The summed E-state index contributed by atoms with van der Waals surface area (Å²) in [4.78, 5) is 28.7. The third-order valence-electron chi connectivity index (χ3n) is 3.26. The maximum atomic E-state index is 12.3. The largest absolute Gasteiger partial charge is 0.317 e. The van der Waals surface area contributed by atoms with E-state index in [0.717, 1.165) is 5.75 Å². The second kappa shape index (κ2) is 9.54. The zero-order chi connectivity index (χ0) is 18.9. The van der Waals surface area contributed by atoms with Gasteiger partial charge in [0, 0.05) is 5.56 Å². The number of rotatable bonds is 5. The molecule has 1 aliphatic rings. The second-order valence-electron chi connectivity index (χ2n) is 5.08. The van der Waals surface area contributed by atoms with E-state index < -0.39 is 11.8 Å². The van der Waals surface area contributed by atoms with Crippen LogP contribution in [0.5, 0.6) is 0 Å². The Morgan fingerprint density at radius 2 is 2.04 bits per heavy atom. The second-order valence-corrected chi connectivity index (χ2v) is 6.34.